The van der Waals surface area contributed by atoms with E-state index in [1.165, 1.54) is 11.9 Å². The molecule has 0 aliphatic carbocycles. The van der Waals surface area contributed by atoms with Crippen LogP contribution < -0.4 is 10.6 Å². The predicted molar refractivity (Wildman–Crippen MR) is 87.5 cm³/mol. The highest BCUT2D eigenvalue weighted by atomic mass is 19.4. The van der Waals surface area contributed by atoms with Crippen LogP contribution in [-0.2, 0) is 6.18 Å². The second kappa shape index (κ2) is 6.77. The number of pyridine rings is 1. The maximum atomic E-state index is 13.4. The van der Waals surface area contributed by atoms with Crippen molar-refractivity contribution in [2.75, 3.05) is 24.2 Å². The van der Waals surface area contributed by atoms with Gasteiger partial charge in [-0.1, -0.05) is 12.2 Å². The lowest BCUT2D eigenvalue weighted by molar-refractivity contribution is -0.137. The molecule has 0 aromatic carbocycles. The number of allylic oxidation sites excluding steroid dienone is 1. The van der Waals surface area contributed by atoms with Gasteiger partial charge < -0.3 is 15.1 Å². The number of hydrogen-bond acceptors (Lipinski definition) is 7. The molecule has 0 saturated heterocycles. The van der Waals surface area contributed by atoms with Gasteiger partial charge in [0.15, 0.2) is 5.69 Å². The fraction of sp³-hybridized carbons (Fsp3) is 0.375. The van der Waals surface area contributed by atoms with E-state index >= 15 is 0 Å². The van der Waals surface area contributed by atoms with Gasteiger partial charge in [0.05, 0.1) is 5.69 Å². The van der Waals surface area contributed by atoms with Gasteiger partial charge in [-0.05, 0) is 18.9 Å². The molecule has 2 N–H and O–H groups in total. The summed E-state index contributed by atoms with van der Waals surface area (Å²) in [4.78, 5) is 17.4. The summed E-state index contributed by atoms with van der Waals surface area (Å²) >= 11 is 0. The number of rotatable bonds is 0. The van der Waals surface area contributed by atoms with Crippen molar-refractivity contribution in [3.05, 3.63) is 29.7 Å². The van der Waals surface area contributed by atoms with Crippen molar-refractivity contribution < 1.29 is 22.4 Å². The maximum Gasteiger partial charge on any atom is 0.420 e. The number of carbonyl (C=O) groups is 1. The predicted octanol–water partition coefficient (Wildman–Crippen LogP) is 3.09. The number of hydrogen-bond donors (Lipinski definition) is 1. The van der Waals surface area contributed by atoms with Gasteiger partial charge in [-0.25, -0.2) is 4.98 Å². The summed E-state index contributed by atoms with van der Waals surface area (Å²) in [6.45, 7) is 0.305. The number of halogens is 3. The van der Waals surface area contributed by atoms with Crippen LogP contribution in [0.3, 0.4) is 0 Å². The lowest BCUT2D eigenvalue weighted by Gasteiger charge is -2.23. The molecule has 2 aromatic rings. The molecule has 2 aromatic heterocycles. The smallest absolute Gasteiger partial charge is 0.412 e. The molecule has 0 atom stereocenters. The van der Waals surface area contributed by atoms with Crippen LogP contribution in [0.1, 0.15) is 35.5 Å². The van der Waals surface area contributed by atoms with Crippen LogP contribution in [0.2, 0.25) is 0 Å². The van der Waals surface area contributed by atoms with E-state index in [-0.39, 0.29) is 41.2 Å². The first kappa shape index (κ1) is 17.9. The molecule has 26 heavy (non-hydrogen) atoms. The summed E-state index contributed by atoms with van der Waals surface area (Å²) in [5, 5.41) is 7.36. The number of nitrogen functional groups attached to an aromatic ring is 1. The number of ketones is 1. The molecule has 0 unspecified atom stereocenters. The van der Waals surface area contributed by atoms with Gasteiger partial charge in [-0.15, -0.1) is 10.2 Å². The van der Waals surface area contributed by atoms with E-state index in [1.807, 2.05) is 0 Å². The van der Waals surface area contributed by atoms with Gasteiger partial charge in [-0.3, -0.25) is 4.79 Å². The fourth-order valence-electron chi connectivity index (χ4n) is 2.55. The van der Waals surface area contributed by atoms with E-state index in [9.17, 15) is 18.0 Å². The van der Waals surface area contributed by atoms with Crippen molar-refractivity contribution in [3.8, 4) is 11.6 Å². The lowest BCUT2D eigenvalue weighted by Crippen LogP contribution is -2.24. The molecule has 3 rings (SSSR count). The third kappa shape index (κ3) is 3.53. The molecule has 4 bridgehead atoms. The number of alkyl halides is 3. The number of fused-ring (bicyclic) bond motifs is 5. The molecular weight excluding hydrogens is 351 g/mol. The van der Waals surface area contributed by atoms with Crippen molar-refractivity contribution >= 4 is 17.3 Å². The van der Waals surface area contributed by atoms with Crippen LogP contribution in [0.4, 0.5) is 24.7 Å². The number of nitrogens with zero attached hydrogens (tertiary/aromatic N) is 4. The summed E-state index contributed by atoms with van der Waals surface area (Å²) in [7, 11) is 1.51. The van der Waals surface area contributed by atoms with E-state index in [0.717, 1.165) is 6.07 Å². The molecule has 138 valence electrons. The number of anilines is 2. The zero-order valence-electron chi connectivity index (χ0n) is 13.9. The molecular formula is C16H16F3N5O2. The molecule has 0 radical (unpaired) electrons. The number of aromatic nitrogens is 3. The zero-order chi connectivity index (χ0) is 18.9. The summed E-state index contributed by atoms with van der Waals surface area (Å²) in [5.74, 6) is -1.06. The van der Waals surface area contributed by atoms with Gasteiger partial charge in [0, 0.05) is 20.0 Å². The fourth-order valence-corrected chi connectivity index (χ4v) is 2.55. The number of carbonyl (C=O) groups excluding carboxylic acids is 1. The van der Waals surface area contributed by atoms with E-state index in [1.54, 1.807) is 12.2 Å². The van der Waals surface area contributed by atoms with Gasteiger partial charge in [-0.2, -0.15) is 13.2 Å². The van der Waals surface area contributed by atoms with E-state index < -0.39 is 11.7 Å². The van der Waals surface area contributed by atoms with Crippen LogP contribution in [-0.4, -0.2) is 34.6 Å². The Morgan fingerprint density at radius 1 is 1.19 bits per heavy atom. The summed E-state index contributed by atoms with van der Waals surface area (Å²) in [5.41, 5.74) is 4.45. The van der Waals surface area contributed by atoms with Crippen LogP contribution >= 0.6 is 0 Å². The largest absolute Gasteiger partial charge is 0.420 e. The molecule has 0 fully saturated rings. The molecule has 1 aliphatic rings. The first-order chi connectivity index (χ1) is 12.3. The van der Waals surface area contributed by atoms with Crippen molar-refractivity contribution in [3.63, 3.8) is 0 Å². The highest BCUT2D eigenvalue weighted by Crippen LogP contribution is 2.39. The summed E-state index contributed by atoms with van der Waals surface area (Å²) in [6, 6.07) is 0.793. The van der Waals surface area contributed by atoms with Crippen LogP contribution in [0, 0.1) is 0 Å². The minimum Gasteiger partial charge on any atom is -0.412 e. The molecule has 0 spiro atoms. The Kier molecular flexibility index (Phi) is 4.66. The minimum absolute atomic E-state index is 0.0843. The molecule has 3 heterocycles. The highest BCUT2D eigenvalue weighted by molar-refractivity contribution is 5.91. The summed E-state index contributed by atoms with van der Waals surface area (Å²) < 4.78 is 45.5. The average Bonchev–Trinajstić information content (AvgIpc) is 3.05. The Morgan fingerprint density at radius 3 is 2.62 bits per heavy atom. The Balaban J connectivity index is 2.17. The third-order valence-corrected chi connectivity index (χ3v) is 3.90. The molecule has 10 heteroatoms. The number of Topliss-reactive ketones (excluding diaryl/α,β-unsaturated/α-hetero) is 1. The standard InChI is InChI=1S/C16H16F3N5O2/c1-24-7-5-3-2-4-6-11(25)14-22-23-15(26-14)12-10(20)8-9(13(24)21-12)16(17,18)19/h2-3,8H,4-7,20H2,1H3/b3-2-. The summed E-state index contributed by atoms with van der Waals surface area (Å²) in [6.07, 6.45) is 0.138. The van der Waals surface area contributed by atoms with E-state index in [4.69, 9.17) is 10.2 Å². The van der Waals surface area contributed by atoms with E-state index in [0.29, 0.717) is 19.4 Å². The second-order valence-corrected chi connectivity index (χ2v) is 5.85. The second-order valence-electron chi connectivity index (χ2n) is 5.85. The molecule has 0 amide bonds. The van der Waals surface area contributed by atoms with Gasteiger partial charge in [0.1, 0.15) is 11.4 Å². The first-order valence-electron chi connectivity index (χ1n) is 7.88. The topological polar surface area (TPSA) is 98.1 Å². The van der Waals surface area contributed by atoms with Crippen molar-refractivity contribution in [2.24, 2.45) is 0 Å². The van der Waals surface area contributed by atoms with Gasteiger partial charge >= 0.3 is 6.18 Å². The zero-order valence-corrected chi connectivity index (χ0v) is 13.9. The Labute approximate surface area is 146 Å². The van der Waals surface area contributed by atoms with Crippen molar-refractivity contribution in [1.82, 2.24) is 15.2 Å². The highest BCUT2D eigenvalue weighted by Gasteiger charge is 2.37. The molecule has 0 saturated carbocycles. The SMILES string of the molecule is CN1CC/C=C\CCC(=O)c2nnc(o2)-c2nc1c(C(F)(F)F)cc2N. The van der Waals surface area contributed by atoms with E-state index in [2.05, 4.69) is 15.2 Å². The van der Waals surface area contributed by atoms with Crippen molar-refractivity contribution in [2.45, 2.75) is 25.4 Å². The molecule has 7 nitrogen and oxygen atoms in total. The maximum absolute atomic E-state index is 13.4. The lowest BCUT2D eigenvalue weighted by atomic mass is 10.1. The Bertz CT molecular complexity index is 860. The third-order valence-electron chi connectivity index (χ3n) is 3.90. The van der Waals surface area contributed by atoms with Gasteiger partial charge in [0.2, 0.25) is 5.78 Å². The number of nitrogens with two attached hydrogens (primary N) is 1. The minimum atomic E-state index is -4.62. The quantitative estimate of drug-likeness (QED) is 0.715. The average molecular weight is 367 g/mol. The Morgan fingerprint density at radius 2 is 1.88 bits per heavy atom. The van der Waals surface area contributed by atoms with Crippen LogP contribution in [0.25, 0.3) is 11.6 Å². The Hall–Kier alpha value is -2.91. The van der Waals surface area contributed by atoms with Gasteiger partial charge in [0.25, 0.3) is 11.8 Å². The van der Waals surface area contributed by atoms with Crippen LogP contribution in [0.15, 0.2) is 22.6 Å². The monoisotopic (exact) mass is 367 g/mol. The van der Waals surface area contributed by atoms with Crippen LogP contribution in [0.5, 0.6) is 0 Å². The van der Waals surface area contributed by atoms with Crippen molar-refractivity contribution in [1.29, 1.82) is 0 Å². The first-order valence-corrected chi connectivity index (χ1v) is 7.88. The normalized spacial score (nSPS) is 17.1. The molecule has 1 aliphatic heterocycles.